The minimum Gasteiger partial charge on any atom is -0.341 e. The SMILES string of the molecule is C#CCNC(=O)c1cc(C(=O)c2ccc(C)cc2)n2ccc(-c3ccncc3)cc12. The lowest BCUT2D eigenvalue weighted by Gasteiger charge is -2.07. The van der Waals surface area contributed by atoms with Crippen LogP contribution < -0.4 is 5.32 Å². The number of amides is 1. The second kappa shape index (κ2) is 8.06. The molecule has 1 amide bonds. The number of pyridine rings is 2. The van der Waals surface area contributed by atoms with E-state index >= 15 is 0 Å². The molecule has 5 heteroatoms. The van der Waals surface area contributed by atoms with E-state index in [9.17, 15) is 9.59 Å². The summed E-state index contributed by atoms with van der Waals surface area (Å²) in [5.74, 6) is 1.93. The summed E-state index contributed by atoms with van der Waals surface area (Å²) in [4.78, 5) is 30.0. The fraction of sp³-hybridized carbons (Fsp3) is 0.0800. The molecule has 3 aromatic heterocycles. The van der Waals surface area contributed by atoms with Crippen molar-refractivity contribution in [1.82, 2.24) is 14.7 Å². The Bertz CT molecular complexity index is 1280. The molecule has 0 aliphatic heterocycles. The van der Waals surface area contributed by atoms with Gasteiger partial charge in [-0.05, 0) is 48.4 Å². The molecule has 0 aliphatic carbocycles. The Hall–Kier alpha value is -4.17. The Balaban J connectivity index is 1.86. The van der Waals surface area contributed by atoms with Crippen LogP contribution >= 0.6 is 0 Å². The van der Waals surface area contributed by atoms with Gasteiger partial charge < -0.3 is 9.72 Å². The standard InChI is InChI=1S/C25H19N3O2/c1-3-11-27-25(30)21-16-23(24(29)19-6-4-17(2)5-7-19)28-14-10-20(15-22(21)28)18-8-12-26-13-9-18/h1,4-10,12-16H,11H2,2H3,(H,27,30). The Labute approximate surface area is 174 Å². The molecular weight excluding hydrogens is 374 g/mol. The quantitative estimate of drug-likeness (QED) is 0.413. The minimum atomic E-state index is -0.319. The van der Waals surface area contributed by atoms with E-state index < -0.39 is 0 Å². The topological polar surface area (TPSA) is 63.5 Å². The average Bonchev–Trinajstić information content (AvgIpc) is 3.17. The van der Waals surface area contributed by atoms with Crippen LogP contribution in [0.15, 0.2) is 73.2 Å². The van der Waals surface area contributed by atoms with Gasteiger partial charge in [0.2, 0.25) is 5.78 Å². The molecule has 1 N–H and O–H groups in total. The van der Waals surface area contributed by atoms with E-state index in [1.807, 2.05) is 49.5 Å². The number of nitrogens with one attached hydrogen (secondary N) is 1. The number of ketones is 1. The minimum absolute atomic E-state index is 0.113. The lowest BCUT2D eigenvalue weighted by molar-refractivity contribution is 0.0960. The van der Waals surface area contributed by atoms with E-state index in [0.717, 1.165) is 16.7 Å². The molecule has 0 unspecified atom stereocenters. The number of fused-ring (bicyclic) bond motifs is 1. The van der Waals surface area contributed by atoms with Crippen LogP contribution in [0.3, 0.4) is 0 Å². The van der Waals surface area contributed by atoms with Crippen LogP contribution in [0.25, 0.3) is 16.6 Å². The van der Waals surface area contributed by atoms with Crippen molar-refractivity contribution in [1.29, 1.82) is 0 Å². The van der Waals surface area contributed by atoms with Crippen molar-refractivity contribution in [3.8, 4) is 23.5 Å². The van der Waals surface area contributed by atoms with E-state index in [1.54, 1.807) is 35.0 Å². The smallest absolute Gasteiger partial charge is 0.254 e. The van der Waals surface area contributed by atoms with E-state index in [1.165, 1.54) is 0 Å². The monoisotopic (exact) mass is 393 g/mol. The summed E-state index contributed by atoms with van der Waals surface area (Å²) in [6.45, 7) is 2.08. The predicted molar refractivity (Wildman–Crippen MR) is 116 cm³/mol. The van der Waals surface area contributed by atoms with Gasteiger partial charge in [0.05, 0.1) is 23.3 Å². The summed E-state index contributed by atoms with van der Waals surface area (Å²) >= 11 is 0. The Kier molecular flexibility index (Phi) is 5.15. The molecule has 0 aliphatic rings. The van der Waals surface area contributed by atoms with E-state index in [4.69, 9.17) is 6.42 Å². The molecule has 30 heavy (non-hydrogen) atoms. The molecule has 4 rings (SSSR count). The number of terminal acetylenes is 1. The zero-order chi connectivity index (χ0) is 21.1. The molecular formula is C25H19N3O2. The van der Waals surface area contributed by atoms with Gasteiger partial charge in [-0.25, -0.2) is 0 Å². The number of hydrogen-bond donors (Lipinski definition) is 1. The first kappa shape index (κ1) is 19.2. The number of carbonyl (C=O) groups is 2. The van der Waals surface area contributed by atoms with Gasteiger partial charge >= 0.3 is 0 Å². The van der Waals surface area contributed by atoms with Gasteiger partial charge in [0.15, 0.2) is 0 Å². The third-order valence-corrected chi connectivity index (χ3v) is 4.93. The van der Waals surface area contributed by atoms with Crippen LogP contribution in [-0.4, -0.2) is 27.6 Å². The van der Waals surface area contributed by atoms with Crippen molar-refractivity contribution < 1.29 is 9.59 Å². The zero-order valence-electron chi connectivity index (χ0n) is 16.4. The van der Waals surface area contributed by atoms with Gasteiger partial charge in [-0.2, -0.15) is 0 Å². The van der Waals surface area contributed by atoms with Crippen molar-refractivity contribution in [3.63, 3.8) is 0 Å². The molecule has 0 spiro atoms. The molecule has 0 fully saturated rings. The number of carbonyl (C=O) groups excluding carboxylic acids is 2. The number of aromatic nitrogens is 2. The number of rotatable bonds is 5. The van der Waals surface area contributed by atoms with Crippen LogP contribution in [0.2, 0.25) is 0 Å². The molecule has 0 radical (unpaired) electrons. The Morgan fingerprint density at radius 2 is 1.77 bits per heavy atom. The van der Waals surface area contributed by atoms with Crippen molar-refractivity contribution in [2.45, 2.75) is 6.92 Å². The van der Waals surface area contributed by atoms with Gasteiger partial charge in [-0.1, -0.05) is 35.7 Å². The van der Waals surface area contributed by atoms with Crippen LogP contribution in [0.4, 0.5) is 0 Å². The largest absolute Gasteiger partial charge is 0.341 e. The highest BCUT2D eigenvalue weighted by molar-refractivity contribution is 6.12. The van der Waals surface area contributed by atoms with E-state index in [0.29, 0.717) is 22.3 Å². The number of nitrogens with zero attached hydrogens (tertiary/aromatic N) is 2. The summed E-state index contributed by atoms with van der Waals surface area (Å²) in [6.07, 6.45) is 10.5. The summed E-state index contributed by atoms with van der Waals surface area (Å²) in [5, 5.41) is 2.69. The summed E-state index contributed by atoms with van der Waals surface area (Å²) in [5.41, 5.74) is 4.97. The average molecular weight is 393 g/mol. The molecule has 146 valence electrons. The lowest BCUT2D eigenvalue weighted by atomic mass is 10.1. The van der Waals surface area contributed by atoms with Crippen molar-refractivity contribution in [2.75, 3.05) is 6.54 Å². The molecule has 4 aromatic rings. The second-order valence-electron chi connectivity index (χ2n) is 6.93. The fourth-order valence-corrected chi connectivity index (χ4v) is 3.36. The maximum absolute atomic E-state index is 13.2. The third kappa shape index (κ3) is 3.59. The number of hydrogen-bond acceptors (Lipinski definition) is 3. The molecule has 0 saturated heterocycles. The fourth-order valence-electron chi connectivity index (χ4n) is 3.36. The third-order valence-electron chi connectivity index (χ3n) is 4.93. The van der Waals surface area contributed by atoms with E-state index in [-0.39, 0.29) is 18.2 Å². The summed E-state index contributed by atoms with van der Waals surface area (Å²) in [6, 6.07) is 16.6. The maximum Gasteiger partial charge on any atom is 0.254 e. The predicted octanol–water partition coefficient (Wildman–Crippen LogP) is 3.90. The first-order valence-corrected chi connectivity index (χ1v) is 9.47. The summed E-state index contributed by atoms with van der Waals surface area (Å²) in [7, 11) is 0. The van der Waals surface area contributed by atoms with Gasteiger partial charge in [0.25, 0.3) is 5.91 Å². The number of benzene rings is 1. The van der Waals surface area contributed by atoms with Gasteiger partial charge in [0, 0.05) is 24.2 Å². The second-order valence-corrected chi connectivity index (χ2v) is 6.93. The van der Waals surface area contributed by atoms with Crippen molar-refractivity contribution in [2.24, 2.45) is 0 Å². The van der Waals surface area contributed by atoms with Gasteiger partial charge in [-0.3, -0.25) is 14.6 Å². The number of aryl methyl sites for hydroxylation is 1. The van der Waals surface area contributed by atoms with Gasteiger partial charge in [0.1, 0.15) is 0 Å². The Morgan fingerprint density at radius 1 is 1.03 bits per heavy atom. The normalized spacial score (nSPS) is 10.5. The van der Waals surface area contributed by atoms with Gasteiger partial charge in [-0.15, -0.1) is 6.42 Å². The highest BCUT2D eigenvalue weighted by Gasteiger charge is 2.21. The summed E-state index contributed by atoms with van der Waals surface area (Å²) < 4.78 is 1.75. The molecule has 3 heterocycles. The van der Waals surface area contributed by atoms with Crippen LogP contribution in [0.5, 0.6) is 0 Å². The molecule has 0 saturated carbocycles. The molecule has 0 atom stereocenters. The van der Waals surface area contributed by atoms with Crippen LogP contribution in [0.1, 0.15) is 32.0 Å². The van der Waals surface area contributed by atoms with Crippen LogP contribution in [-0.2, 0) is 0 Å². The highest BCUT2D eigenvalue weighted by atomic mass is 16.1. The molecule has 5 nitrogen and oxygen atoms in total. The first-order valence-electron chi connectivity index (χ1n) is 9.47. The maximum atomic E-state index is 13.2. The Morgan fingerprint density at radius 3 is 2.47 bits per heavy atom. The van der Waals surface area contributed by atoms with Crippen molar-refractivity contribution in [3.05, 3.63) is 95.6 Å². The molecule has 1 aromatic carbocycles. The van der Waals surface area contributed by atoms with E-state index in [2.05, 4.69) is 16.2 Å². The van der Waals surface area contributed by atoms with Crippen LogP contribution in [0, 0.1) is 19.3 Å². The van der Waals surface area contributed by atoms with Crippen molar-refractivity contribution >= 4 is 17.2 Å². The zero-order valence-corrected chi connectivity index (χ0v) is 16.4. The molecule has 0 bridgehead atoms. The highest BCUT2D eigenvalue weighted by Crippen LogP contribution is 2.26. The lowest BCUT2D eigenvalue weighted by Crippen LogP contribution is -2.23. The first-order chi connectivity index (χ1) is 14.6.